The molecule has 0 spiro atoms. The van der Waals surface area contributed by atoms with Crippen molar-refractivity contribution >= 4 is 17.5 Å². The molecule has 1 aliphatic carbocycles. The van der Waals surface area contributed by atoms with Crippen LogP contribution in [-0.2, 0) is 4.79 Å². The lowest BCUT2D eigenvalue weighted by atomic mass is 9.97. The van der Waals surface area contributed by atoms with Crippen LogP contribution < -0.4 is 10.1 Å². The van der Waals surface area contributed by atoms with E-state index in [4.69, 9.17) is 16.3 Å². The Labute approximate surface area is 137 Å². The van der Waals surface area contributed by atoms with Gasteiger partial charge in [0.2, 0.25) is 0 Å². The first-order valence-electron chi connectivity index (χ1n) is 7.94. The summed E-state index contributed by atoms with van der Waals surface area (Å²) in [6.45, 7) is 4.36. The van der Waals surface area contributed by atoms with Crippen molar-refractivity contribution in [1.82, 2.24) is 5.32 Å². The second-order valence-corrected chi connectivity index (χ2v) is 6.26. The first-order chi connectivity index (χ1) is 10.6. The molecule has 0 bridgehead atoms. The van der Waals surface area contributed by atoms with Gasteiger partial charge in [0, 0.05) is 11.6 Å². The van der Waals surface area contributed by atoms with Crippen LogP contribution in [-0.4, -0.2) is 18.6 Å². The summed E-state index contributed by atoms with van der Waals surface area (Å²) in [6, 6.07) is 5.40. The molecule has 1 aliphatic rings. The standard InChI is InChI=1S/C18H24ClNO2/c1-13-12-16(19)8-9-17(13)22-14(2)18(21)20-11-10-15-6-4-3-5-7-15/h6,8-9,12,14H,3-5,7,10-11H2,1-2H3,(H,20,21). The van der Waals surface area contributed by atoms with Gasteiger partial charge in [-0.25, -0.2) is 0 Å². The van der Waals surface area contributed by atoms with Crippen molar-refractivity contribution in [1.29, 1.82) is 0 Å². The quantitative estimate of drug-likeness (QED) is 0.787. The maximum Gasteiger partial charge on any atom is 0.260 e. The van der Waals surface area contributed by atoms with Crippen molar-refractivity contribution in [3.63, 3.8) is 0 Å². The van der Waals surface area contributed by atoms with Gasteiger partial charge in [-0.3, -0.25) is 4.79 Å². The minimum absolute atomic E-state index is 0.0780. The fourth-order valence-corrected chi connectivity index (χ4v) is 2.84. The van der Waals surface area contributed by atoms with Gasteiger partial charge in [-0.05, 0) is 69.7 Å². The number of carbonyl (C=O) groups excluding carboxylic acids is 1. The number of amides is 1. The predicted molar refractivity (Wildman–Crippen MR) is 90.5 cm³/mol. The van der Waals surface area contributed by atoms with E-state index in [0.717, 1.165) is 12.0 Å². The molecule has 4 heteroatoms. The zero-order valence-electron chi connectivity index (χ0n) is 13.3. The maximum atomic E-state index is 12.1. The fraction of sp³-hybridized carbons (Fsp3) is 0.500. The van der Waals surface area contributed by atoms with Crippen LogP contribution in [0.2, 0.25) is 5.02 Å². The van der Waals surface area contributed by atoms with E-state index in [2.05, 4.69) is 11.4 Å². The van der Waals surface area contributed by atoms with Gasteiger partial charge in [-0.1, -0.05) is 23.3 Å². The Morgan fingerprint density at radius 3 is 2.91 bits per heavy atom. The predicted octanol–water partition coefficient (Wildman–Crippen LogP) is 4.42. The Morgan fingerprint density at radius 2 is 2.23 bits per heavy atom. The molecular formula is C18H24ClNO2. The summed E-state index contributed by atoms with van der Waals surface area (Å²) in [6.07, 6.45) is 7.66. The molecule has 2 rings (SSSR count). The van der Waals surface area contributed by atoms with E-state index in [1.165, 1.54) is 31.3 Å². The van der Waals surface area contributed by atoms with Gasteiger partial charge in [-0.15, -0.1) is 0 Å². The number of allylic oxidation sites excluding steroid dienone is 1. The highest BCUT2D eigenvalue weighted by molar-refractivity contribution is 6.30. The van der Waals surface area contributed by atoms with E-state index in [-0.39, 0.29) is 5.91 Å². The lowest BCUT2D eigenvalue weighted by Gasteiger charge is -2.17. The number of ether oxygens (including phenoxy) is 1. The van der Waals surface area contributed by atoms with Crippen molar-refractivity contribution < 1.29 is 9.53 Å². The van der Waals surface area contributed by atoms with Gasteiger partial charge in [0.15, 0.2) is 6.10 Å². The minimum atomic E-state index is -0.514. The number of nitrogens with one attached hydrogen (secondary N) is 1. The molecular weight excluding hydrogens is 298 g/mol. The molecule has 0 radical (unpaired) electrons. The lowest BCUT2D eigenvalue weighted by Crippen LogP contribution is -2.37. The third kappa shape index (κ3) is 5.06. The summed E-state index contributed by atoms with van der Waals surface area (Å²) in [5.74, 6) is 0.618. The van der Waals surface area contributed by atoms with Crippen LogP contribution in [0.5, 0.6) is 5.75 Å². The third-order valence-corrected chi connectivity index (χ3v) is 4.18. The summed E-state index contributed by atoms with van der Waals surface area (Å²) < 4.78 is 5.72. The molecule has 0 aromatic heterocycles. The number of hydrogen-bond acceptors (Lipinski definition) is 2. The van der Waals surface area contributed by atoms with Crippen LogP contribution >= 0.6 is 11.6 Å². The molecule has 120 valence electrons. The largest absolute Gasteiger partial charge is 0.481 e. The Hall–Kier alpha value is -1.48. The second kappa shape index (κ2) is 8.23. The number of rotatable bonds is 6. The first kappa shape index (κ1) is 16.9. The molecule has 1 aromatic carbocycles. The number of halogens is 1. The smallest absolute Gasteiger partial charge is 0.260 e. The lowest BCUT2D eigenvalue weighted by molar-refractivity contribution is -0.127. The van der Waals surface area contributed by atoms with Crippen LogP contribution in [0.4, 0.5) is 0 Å². The molecule has 1 atom stereocenters. The molecule has 1 aromatic rings. The minimum Gasteiger partial charge on any atom is -0.481 e. The SMILES string of the molecule is Cc1cc(Cl)ccc1OC(C)C(=O)NCCC1=CCCCC1. The Morgan fingerprint density at radius 1 is 1.41 bits per heavy atom. The van der Waals surface area contributed by atoms with E-state index in [1.807, 2.05) is 13.0 Å². The number of carbonyl (C=O) groups is 1. The van der Waals surface area contributed by atoms with E-state index >= 15 is 0 Å². The Kier molecular flexibility index (Phi) is 6.32. The average molecular weight is 322 g/mol. The van der Waals surface area contributed by atoms with E-state index in [1.54, 1.807) is 19.1 Å². The van der Waals surface area contributed by atoms with Gasteiger partial charge in [0.25, 0.3) is 5.91 Å². The highest BCUT2D eigenvalue weighted by Crippen LogP contribution is 2.23. The van der Waals surface area contributed by atoms with E-state index in [0.29, 0.717) is 17.3 Å². The summed E-state index contributed by atoms with van der Waals surface area (Å²) in [4.78, 5) is 12.1. The van der Waals surface area contributed by atoms with Crippen LogP contribution in [0.15, 0.2) is 29.8 Å². The van der Waals surface area contributed by atoms with Crippen LogP contribution in [0.1, 0.15) is 44.6 Å². The molecule has 0 heterocycles. The highest BCUT2D eigenvalue weighted by Gasteiger charge is 2.15. The highest BCUT2D eigenvalue weighted by atomic mass is 35.5. The van der Waals surface area contributed by atoms with Crippen molar-refractivity contribution in [3.8, 4) is 5.75 Å². The zero-order valence-corrected chi connectivity index (χ0v) is 14.1. The Balaban J connectivity index is 1.78. The summed E-state index contributed by atoms with van der Waals surface area (Å²) in [7, 11) is 0. The molecule has 1 unspecified atom stereocenters. The summed E-state index contributed by atoms with van der Waals surface area (Å²) >= 11 is 5.92. The Bertz CT molecular complexity index is 554. The number of aryl methyl sites for hydroxylation is 1. The zero-order chi connectivity index (χ0) is 15.9. The molecule has 0 saturated heterocycles. The molecule has 1 amide bonds. The molecule has 3 nitrogen and oxygen atoms in total. The summed E-state index contributed by atoms with van der Waals surface area (Å²) in [5.41, 5.74) is 2.40. The normalized spacial score (nSPS) is 15.9. The maximum absolute atomic E-state index is 12.1. The summed E-state index contributed by atoms with van der Waals surface area (Å²) in [5, 5.41) is 3.62. The topological polar surface area (TPSA) is 38.3 Å². The first-order valence-corrected chi connectivity index (χ1v) is 8.32. The van der Waals surface area contributed by atoms with E-state index < -0.39 is 6.10 Å². The second-order valence-electron chi connectivity index (χ2n) is 5.82. The van der Waals surface area contributed by atoms with Crippen LogP contribution in [0, 0.1) is 6.92 Å². The van der Waals surface area contributed by atoms with Crippen molar-refractivity contribution in [3.05, 3.63) is 40.4 Å². The van der Waals surface area contributed by atoms with Gasteiger partial charge < -0.3 is 10.1 Å². The number of hydrogen-bond donors (Lipinski definition) is 1. The molecule has 0 fully saturated rings. The average Bonchev–Trinajstić information content (AvgIpc) is 2.51. The van der Waals surface area contributed by atoms with E-state index in [9.17, 15) is 4.79 Å². The molecule has 1 N–H and O–H groups in total. The van der Waals surface area contributed by atoms with Crippen molar-refractivity contribution in [2.24, 2.45) is 0 Å². The third-order valence-electron chi connectivity index (χ3n) is 3.94. The monoisotopic (exact) mass is 321 g/mol. The molecule has 22 heavy (non-hydrogen) atoms. The van der Waals surface area contributed by atoms with Gasteiger partial charge >= 0.3 is 0 Å². The van der Waals surface area contributed by atoms with Crippen LogP contribution in [0.25, 0.3) is 0 Å². The fourth-order valence-electron chi connectivity index (χ4n) is 2.61. The van der Waals surface area contributed by atoms with Gasteiger partial charge in [0.1, 0.15) is 5.75 Å². The van der Waals surface area contributed by atoms with Gasteiger partial charge in [-0.2, -0.15) is 0 Å². The van der Waals surface area contributed by atoms with Crippen molar-refractivity contribution in [2.45, 2.75) is 52.1 Å². The van der Waals surface area contributed by atoms with Crippen LogP contribution in [0.3, 0.4) is 0 Å². The molecule has 0 saturated carbocycles. The van der Waals surface area contributed by atoms with Gasteiger partial charge in [0.05, 0.1) is 0 Å². The number of benzene rings is 1. The van der Waals surface area contributed by atoms with Crippen molar-refractivity contribution in [2.75, 3.05) is 6.54 Å². The molecule has 0 aliphatic heterocycles.